The Hall–Kier alpha value is -3.52. The molecular formula is C21H16FN3O3S. The molecule has 6 nitrogen and oxygen atoms in total. The number of esters is 1. The molecular weight excluding hydrogens is 393 g/mol. The van der Waals surface area contributed by atoms with Gasteiger partial charge in [0.1, 0.15) is 5.82 Å². The van der Waals surface area contributed by atoms with E-state index in [1.54, 1.807) is 36.4 Å². The van der Waals surface area contributed by atoms with Gasteiger partial charge in [-0.3, -0.25) is 0 Å². The largest absolute Gasteiger partial charge is 0.490 e. The minimum atomic E-state index is -0.712. The van der Waals surface area contributed by atoms with Crippen molar-refractivity contribution < 1.29 is 18.7 Å². The van der Waals surface area contributed by atoms with Crippen molar-refractivity contribution in [2.75, 3.05) is 6.61 Å². The molecule has 0 N–H and O–H groups in total. The SMILES string of the molecule is CCOc1ccccc1OC(=O)c1nc(-c2cccs2)n(-c2ccc(F)cc2)n1. The molecule has 2 aromatic carbocycles. The second-order valence-corrected chi connectivity index (χ2v) is 6.84. The second kappa shape index (κ2) is 8.24. The first-order valence-corrected chi connectivity index (χ1v) is 9.74. The van der Waals surface area contributed by atoms with Crippen molar-refractivity contribution >= 4 is 17.3 Å². The molecule has 0 bridgehead atoms. The summed E-state index contributed by atoms with van der Waals surface area (Å²) in [6.45, 7) is 2.28. The van der Waals surface area contributed by atoms with Crippen molar-refractivity contribution in [1.29, 1.82) is 0 Å². The minimum Gasteiger partial charge on any atom is -0.490 e. The number of carbonyl (C=O) groups is 1. The van der Waals surface area contributed by atoms with Crippen molar-refractivity contribution in [3.8, 4) is 27.9 Å². The van der Waals surface area contributed by atoms with Crippen LogP contribution in [-0.4, -0.2) is 27.3 Å². The van der Waals surface area contributed by atoms with Gasteiger partial charge in [0, 0.05) is 0 Å². The number of benzene rings is 2. The summed E-state index contributed by atoms with van der Waals surface area (Å²) in [5.74, 6) is 0.0326. The molecule has 0 aliphatic carbocycles. The Kier molecular flexibility index (Phi) is 5.35. The van der Waals surface area contributed by atoms with Crippen molar-refractivity contribution in [3.63, 3.8) is 0 Å². The molecule has 0 aliphatic rings. The van der Waals surface area contributed by atoms with Crippen molar-refractivity contribution in [3.05, 3.63) is 77.7 Å². The molecule has 8 heteroatoms. The third kappa shape index (κ3) is 4.02. The lowest BCUT2D eigenvalue weighted by molar-refractivity contribution is 0.0715. The number of hydrogen-bond donors (Lipinski definition) is 0. The summed E-state index contributed by atoms with van der Waals surface area (Å²) < 4.78 is 25.8. The molecule has 4 aromatic rings. The topological polar surface area (TPSA) is 66.2 Å². The number of aromatic nitrogens is 3. The minimum absolute atomic E-state index is 0.107. The highest BCUT2D eigenvalue weighted by Gasteiger charge is 2.22. The van der Waals surface area contributed by atoms with Crippen LogP contribution in [0.2, 0.25) is 0 Å². The Balaban J connectivity index is 1.70. The normalized spacial score (nSPS) is 10.7. The fraction of sp³-hybridized carbons (Fsp3) is 0.0952. The lowest BCUT2D eigenvalue weighted by atomic mass is 10.3. The maximum absolute atomic E-state index is 13.3. The van der Waals surface area contributed by atoms with Gasteiger partial charge in [0.15, 0.2) is 17.3 Å². The summed E-state index contributed by atoms with van der Waals surface area (Å²) in [6, 6.07) is 16.4. The van der Waals surface area contributed by atoms with Gasteiger partial charge in [-0.1, -0.05) is 18.2 Å². The number of ether oxygens (including phenoxy) is 2. The summed E-state index contributed by atoms with van der Waals surface area (Å²) in [7, 11) is 0. The van der Waals surface area contributed by atoms with E-state index in [2.05, 4.69) is 10.1 Å². The Morgan fingerprint density at radius 1 is 1.07 bits per heavy atom. The van der Waals surface area contributed by atoms with Crippen molar-refractivity contribution in [2.24, 2.45) is 0 Å². The first kappa shape index (κ1) is 18.8. The molecule has 29 heavy (non-hydrogen) atoms. The highest BCUT2D eigenvalue weighted by atomic mass is 32.1. The van der Waals surface area contributed by atoms with Gasteiger partial charge in [-0.25, -0.2) is 13.9 Å². The van der Waals surface area contributed by atoms with Crippen LogP contribution in [0.1, 0.15) is 17.5 Å². The van der Waals surface area contributed by atoms with E-state index in [4.69, 9.17) is 9.47 Å². The van der Waals surface area contributed by atoms with Crippen LogP contribution in [-0.2, 0) is 0 Å². The number of para-hydroxylation sites is 2. The second-order valence-electron chi connectivity index (χ2n) is 5.89. The zero-order valence-electron chi connectivity index (χ0n) is 15.4. The first-order valence-electron chi connectivity index (χ1n) is 8.86. The maximum atomic E-state index is 13.3. The standard InChI is InChI=1S/C21H16FN3O3S/c1-2-27-16-6-3-4-7-17(16)28-21(26)19-23-20(18-8-5-13-29-18)25(24-19)15-11-9-14(22)10-12-15/h3-13H,2H2,1H3. The van der Waals surface area contributed by atoms with Gasteiger partial charge >= 0.3 is 5.97 Å². The molecule has 146 valence electrons. The Bertz CT molecular complexity index is 1120. The summed E-state index contributed by atoms with van der Waals surface area (Å²) in [5, 5.41) is 6.21. The molecule has 0 aliphatic heterocycles. The number of rotatable bonds is 6. The third-order valence-electron chi connectivity index (χ3n) is 3.95. The van der Waals surface area contributed by atoms with Gasteiger partial charge in [-0.05, 0) is 54.8 Å². The third-order valence-corrected chi connectivity index (χ3v) is 4.82. The number of nitrogens with zero attached hydrogens (tertiary/aromatic N) is 3. The van der Waals surface area contributed by atoms with Crippen LogP contribution in [0, 0.1) is 5.82 Å². The quantitative estimate of drug-likeness (QED) is 0.340. The molecule has 0 saturated carbocycles. The average molecular weight is 409 g/mol. The van der Waals surface area contributed by atoms with Crippen LogP contribution < -0.4 is 9.47 Å². The van der Waals surface area contributed by atoms with Crippen LogP contribution in [0.3, 0.4) is 0 Å². The zero-order valence-corrected chi connectivity index (χ0v) is 16.2. The van der Waals surface area contributed by atoms with Crippen molar-refractivity contribution in [1.82, 2.24) is 14.8 Å². The summed E-state index contributed by atoms with van der Waals surface area (Å²) in [4.78, 5) is 17.9. The number of hydrogen-bond acceptors (Lipinski definition) is 6. The number of carbonyl (C=O) groups excluding carboxylic acids is 1. The monoisotopic (exact) mass is 409 g/mol. The molecule has 0 saturated heterocycles. The van der Waals surface area contributed by atoms with E-state index in [9.17, 15) is 9.18 Å². The first-order chi connectivity index (χ1) is 14.2. The van der Waals surface area contributed by atoms with E-state index in [1.165, 1.54) is 28.2 Å². The Morgan fingerprint density at radius 2 is 1.83 bits per heavy atom. The fourth-order valence-corrected chi connectivity index (χ4v) is 3.38. The van der Waals surface area contributed by atoms with Gasteiger partial charge in [0.2, 0.25) is 0 Å². The van der Waals surface area contributed by atoms with Gasteiger partial charge in [-0.2, -0.15) is 4.98 Å². The molecule has 0 spiro atoms. The van der Waals surface area contributed by atoms with Crippen LogP contribution in [0.5, 0.6) is 11.5 Å². The van der Waals surface area contributed by atoms with E-state index >= 15 is 0 Å². The molecule has 0 atom stereocenters. The molecule has 2 heterocycles. The smallest absolute Gasteiger partial charge is 0.383 e. The van der Waals surface area contributed by atoms with E-state index in [-0.39, 0.29) is 17.4 Å². The lowest BCUT2D eigenvalue weighted by Crippen LogP contribution is -2.12. The van der Waals surface area contributed by atoms with Crippen LogP contribution >= 0.6 is 11.3 Å². The van der Waals surface area contributed by atoms with Gasteiger partial charge in [0.05, 0.1) is 17.2 Å². The van der Waals surface area contributed by atoms with E-state index in [1.807, 2.05) is 24.4 Å². The van der Waals surface area contributed by atoms with Gasteiger partial charge < -0.3 is 9.47 Å². The van der Waals surface area contributed by atoms with Gasteiger partial charge in [0.25, 0.3) is 5.82 Å². The fourth-order valence-electron chi connectivity index (χ4n) is 2.68. The predicted octanol–water partition coefficient (Wildman–Crippen LogP) is 4.75. The summed E-state index contributed by atoms with van der Waals surface area (Å²) in [6.07, 6.45) is 0. The maximum Gasteiger partial charge on any atom is 0.383 e. The molecule has 0 radical (unpaired) electrons. The van der Waals surface area contributed by atoms with Gasteiger partial charge in [-0.15, -0.1) is 16.4 Å². The predicted molar refractivity (Wildman–Crippen MR) is 107 cm³/mol. The molecule has 2 aromatic heterocycles. The Labute approximate surface area is 170 Å². The van der Waals surface area contributed by atoms with E-state index < -0.39 is 5.97 Å². The van der Waals surface area contributed by atoms with Crippen LogP contribution in [0.4, 0.5) is 4.39 Å². The number of thiophene rings is 1. The summed E-state index contributed by atoms with van der Waals surface area (Å²) >= 11 is 1.46. The number of halogens is 1. The molecule has 0 fully saturated rings. The van der Waals surface area contributed by atoms with E-state index in [0.717, 1.165) is 4.88 Å². The Morgan fingerprint density at radius 3 is 2.52 bits per heavy atom. The van der Waals surface area contributed by atoms with E-state index in [0.29, 0.717) is 23.9 Å². The van der Waals surface area contributed by atoms with Crippen molar-refractivity contribution in [2.45, 2.75) is 6.92 Å². The van der Waals surface area contributed by atoms with Crippen LogP contribution in [0.25, 0.3) is 16.4 Å². The molecule has 0 amide bonds. The average Bonchev–Trinajstić information content (AvgIpc) is 3.40. The highest BCUT2D eigenvalue weighted by molar-refractivity contribution is 7.13. The highest BCUT2D eigenvalue weighted by Crippen LogP contribution is 2.28. The summed E-state index contributed by atoms with van der Waals surface area (Å²) in [5.41, 5.74) is 0.580. The molecule has 0 unspecified atom stereocenters. The van der Waals surface area contributed by atoms with Crippen LogP contribution in [0.15, 0.2) is 66.0 Å². The lowest BCUT2D eigenvalue weighted by Gasteiger charge is -2.08. The zero-order chi connectivity index (χ0) is 20.2. The molecule has 4 rings (SSSR count).